The number of rotatable bonds is 4. The molecule has 0 fully saturated rings. The van der Waals surface area contributed by atoms with Crippen LogP contribution in [0.2, 0.25) is 0 Å². The van der Waals surface area contributed by atoms with Gasteiger partial charge in [-0.2, -0.15) is 0 Å². The molecule has 3 aromatic rings. The van der Waals surface area contributed by atoms with E-state index in [1.54, 1.807) is 12.1 Å². The number of aryl methyl sites for hydroxylation is 1. The molecule has 4 rings (SSSR count). The number of thiophene rings is 1. The molecule has 0 atom stereocenters. The van der Waals surface area contributed by atoms with Gasteiger partial charge in [0.2, 0.25) is 0 Å². The molecule has 0 saturated heterocycles. The Labute approximate surface area is 171 Å². The minimum atomic E-state index is -0.915. The van der Waals surface area contributed by atoms with Crippen LogP contribution in [-0.2, 0) is 12.8 Å². The van der Waals surface area contributed by atoms with E-state index in [-0.39, 0.29) is 5.91 Å². The Kier molecular flexibility index (Phi) is 5.14. The summed E-state index contributed by atoms with van der Waals surface area (Å²) in [6, 6.07) is 16.3. The first-order chi connectivity index (χ1) is 14.0. The molecular formula is C22H19N3O3S. The first kappa shape index (κ1) is 18.9. The number of fused-ring (bicyclic) bond motifs is 1. The maximum Gasteiger partial charge on any atom is 0.319 e. The lowest BCUT2D eigenvalue weighted by Gasteiger charge is -2.09. The first-order valence-electron chi connectivity index (χ1n) is 9.25. The van der Waals surface area contributed by atoms with Crippen molar-refractivity contribution in [1.82, 2.24) is 5.32 Å². The van der Waals surface area contributed by atoms with Crippen LogP contribution in [-0.4, -0.2) is 17.8 Å². The fraction of sp³-hybridized carbons (Fsp3) is 0.136. The molecule has 0 unspecified atom stereocenters. The van der Waals surface area contributed by atoms with Crippen molar-refractivity contribution in [3.05, 3.63) is 76.2 Å². The number of imide groups is 1. The van der Waals surface area contributed by atoms with Gasteiger partial charge in [0.15, 0.2) is 0 Å². The zero-order valence-electron chi connectivity index (χ0n) is 15.5. The minimum absolute atomic E-state index is 0.308. The van der Waals surface area contributed by atoms with E-state index < -0.39 is 11.9 Å². The van der Waals surface area contributed by atoms with Gasteiger partial charge in [0, 0.05) is 10.4 Å². The van der Waals surface area contributed by atoms with Crippen LogP contribution in [0.4, 0.5) is 9.80 Å². The molecule has 0 aliphatic heterocycles. The van der Waals surface area contributed by atoms with Crippen molar-refractivity contribution in [3.8, 4) is 11.1 Å². The molecule has 7 heteroatoms. The third-order valence-electron chi connectivity index (χ3n) is 4.87. The number of carbonyl (C=O) groups is 3. The Balaban J connectivity index is 1.57. The lowest BCUT2D eigenvalue weighted by molar-refractivity contribution is 0.0966. The molecule has 0 spiro atoms. The van der Waals surface area contributed by atoms with Gasteiger partial charge in [-0.1, -0.05) is 42.5 Å². The van der Waals surface area contributed by atoms with Gasteiger partial charge >= 0.3 is 6.03 Å². The average Bonchev–Trinajstić information content (AvgIpc) is 3.29. The number of primary amides is 1. The molecule has 146 valence electrons. The number of anilines is 1. The lowest BCUT2D eigenvalue weighted by Crippen LogP contribution is -2.35. The smallest absolute Gasteiger partial charge is 0.319 e. The summed E-state index contributed by atoms with van der Waals surface area (Å²) in [7, 11) is 0. The highest BCUT2D eigenvalue weighted by Gasteiger charge is 2.28. The molecular weight excluding hydrogens is 386 g/mol. The molecule has 4 N–H and O–H groups in total. The number of urea groups is 1. The molecule has 0 saturated carbocycles. The summed E-state index contributed by atoms with van der Waals surface area (Å²) in [5.74, 6) is -0.885. The first-order valence-corrected chi connectivity index (χ1v) is 10.1. The third kappa shape index (κ3) is 3.90. The molecule has 29 heavy (non-hydrogen) atoms. The average molecular weight is 405 g/mol. The Morgan fingerprint density at radius 3 is 2.24 bits per heavy atom. The van der Waals surface area contributed by atoms with Gasteiger partial charge in [0.05, 0.1) is 5.56 Å². The van der Waals surface area contributed by atoms with Crippen LogP contribution in [0.15, 0.2) is 54.6 Å². The summed E-state index contributed by atoms with van der Waals surface area (Å²) in [5, 5.41) is 5.40. The predicted octanol–water partition coefficient (Wildman–Crippen LogP) is 3.96. The second-order valence-corrected chi connectivity index (χ2v) is 7.88. The Morgan fingerprint density at radius 2 is 1.55 bits per heavy atom. The molecule has 0 bridgehead atoms. The quantitative estimate of drug-likeness (QED) is 0.612. The van der Waals surface area contributed by atoms with E-state index >= 15 is 0 Å². The van der Waals surface area contributed by atoms with Crippen molar-refractivity contribution >= 4 is 34.2 Å². The number of carbonyl (C=O) groups excluding carboxylic acids is 3. The summed E-state index contributed by atoms with van der Waals surface area (Å²) in [6.45, 7) is 0. The standard InChI is InChI=1S/C22H19N3O3S/c23-22(28)25-20(27)18-16-7-4-8-17(16)29-21(18)24-19(26)15-11-9-14(10-12-15)13-5-2-1-3-6-13/h1-3,5-6,9-12H,4,7-8H2,(H,24,26)(H3,23,25,27,28). The van der Waals surface area contributed by atoms with Gasteiger partial charge < -0.3 is 11.1 Å². The number of amides is 4. The predicted molar refractivity (Wildman–Crippen MR) is 113 cm³/mol. The van der Waals surface area contributed by atoms with E-state index in [0.717, 1.165) is 40.8 Å². The number of hydrogen-bond acceptors (Lipinski definition) is 4. The molecule has 0 radical (unpaired) electrons. The molecule has 1 aliphatic rings. The van der Waals surface area contributed by atoms with E-state index in [0.29, 0.717) is 16.1 Å². The van der Waals surface area contributed by atoms with Gasteiger partial charge in [-0.15, -0.1) is 11.3 Å². The topological polar surface area (TPSA) is 101 Å². The molecule has 1 aliphatic carbocycles. The minimum Gasteiger partial charge on any atom is -0.351 e. The van der Waals surface area contributed by atoms with Gasteiger partial charge in [0.1, 0.15) is 5.00 Å². The van der Waals surface area contributed by atoms with E-state index in [4.69, 9.17) is 5.73 Å². The largest absolute Gasteiger partial charge is 0.351 e. The monoisotopic (exact) mass is 405 g/mol. The second-order valence-electron chi connectivity index (χ2n) is 6.78. The van der Waals surface area contributed by atoms with Gasteiger partial charge in [0.25, 0.3) is 11.8 Å². The molecule has 6 nitrogen and oxygen atoms in total. The Bertz CT molecular complexity index is 1090. The summed E-state index contributed by atoms with van der Waals surface area (Å²) in [6.07, 6.45) is 2.56. The summed E-state index contributed by atoms with van der Waals surface area (Å²) in [5.41, 5.74) is 8.90. The number of nitrogens with two attached hydrogens (primary N) is 1. The summed E-state index contributed by atoms with van der Waals surface area (Å²) >= 11 is 1.38. The molecule has 4 amide bonds. The number of hydrogen-bond donors (Lipinski definition) is 3. The zero-order chi connectivity index (χ0) is 20.4. The maximum atomic E-state index is 12.8. The van der Waals surface area contributed by atoms with Crippen molar-refractivity contribution in [2.24, 2.45) is 5.73 Å². The van der Waals surface area contributed by atoms with Crippen LogP contribution >= 0.6 is 11.3 Å². The Morgan fingerprint density at radius 1 is 0.862 bits per heavy atom. The molecule has 2 aromatic carbocycles. The van der Waals surface area contributed by atoms with E-state index in [2.05, 4.69) is 10.6 Å². The van der Waals surface area contributed by atoms with Crippen molar-refractivity contribution in [3.63, 3.8) is 0 Å². The SMILES string of the molecule is NC(=O)NC(=O)c1c(NC(=O)c2ccc(-c3ccccc3)cc2)sc2c1CCC2. The number of benzene rings is 2. The number of nitrogens with one attached hydrogen (secondary N) is 2. The van der Waals surface area contributed by atoms with Gasteiger partial charge in [-0.05, 0) is 48.1 Å². The third-order valence-corrected chi connectivity index (χ3v) is 6.07. The van der Waals surface area contributed by atoms with Crippen LogP contribution in [0.5, 0.6) is 0 Å². The van der Waals surface area contributed by atoms with Crippen molar-refractivity contribution in [2.45, 2.75) is 19.3 Å². The van der Waals surface area contributed by atoms with Crippen molar-refractivity contribution in [2.75, 3.05) is 5.32 Å². The van der Waals surface area contributed by atoms with E-state index in [1.165, 1.54) is 11.3 Å². The summed E-state index contributed by atoms with van der Waals surface area (Å²) < 4.78 is 0. The van der Waals surface area contributed by atoms with Crippen molar-refractivity contribution in [1.29, 1.82) is 0 Å². The summed E-state index contributed by atoms with van der Waals surface area (Å²) in [4.78, 5) is 37.4. The van der Waals surface area contributed by atoms with Crippen LogP contribution in [0.25, 0.3) is 11.1 Å². The van der Waals surface area contributed by atoms with Crippen LogP contribution in [0.3, 0.4) is 0 Å². The van der Waals surface area contributed by atoms with Crippen LogP contribution in [0, 0.1) is 0 Å². The normalized spacial score (nSPS) is 12.3. The highest BCUT2D eigenvalue weighted by atomic mass is 32.1. The van der Waals surface area contributed by atoms with Gasteiger partial charge in [-0.25, -0.2) is 4.79 Å². The fourth-order valence-electron chi connectivity index (χ4n) is 3.53. The van der Waals surface area contributed by atoms with Crippen LogP contribution < -0.4 is 16.4 Å². The van der Waals surface area contributed by atoms with Crippen LogP contribution in [0.1, 0.15) is 37.6 Å². The lowest BCUT2D eigenvalue weighted by atomic mass is 10.0. The zero-order valence-corrected chi connectivity index (χ0v) is 16.3. The van der Waals surface area contributed by atoms with E-state index in [1.807, 2.05) is 42.5 Å². The molecule has 1 aromatic heterocycles. The highest BCUT2D eigenvalue weighted by molar-refractivity contribution is 7.17. The van der Waals surface area contributed by atoms with Gasteiger partial charge in [-0.3, -0.25) is 14.9 Å². The van der Waals surface area contributed by atoms with Crippen molar-refractivity contribution < 1.29 is 14.4 Å². The van der Waals surface area contributed by atoms with E-state index in [9.17, 15) is 14.4 Å². The fourth-order valence-corrected chi connectivity index (χ4v) is 4.81. The Hall–Kier alpha value is -3.45. The molecule has 1 heterocycles. The second kappa shape index (κ2) is 7.89. The maximum absolute atomic E-state index is 12.8. The highest BCUT2D eigenvalue weighted by Crippen LogP contribution is 2.39.